The third-order valence-electron chi connectivity index (χ3n) is 4.27. The van der Waals surface area contributed by atoms with Crippen LogP contribution in [0.1, 0.15) is 44.1 Å². The van der Waals surface area contributed by atoms with Crippen molar-refractivity contribution in [3.63, 3.8) is 0 Å². The van der Waals surface area contributed by atoms with Crippen LogP contribution in [0.5, 0.6) is 11.5 Å². The molecular weight excluding hydrogens is 238 g/mol. The highest BCUT2D eigenvalue weighted by atomic mass is 16.7. The highest BCUT2D eigenvalue weighted by Gasteiger charge is 2.15. The van der Waals surface area contributed by atoms with E-state index in [4.69, 9.17) is 9.47 Å². The minimum Gasteiger partial charge on any atom is -0.454 e. The van der Waals surface area contributed by atoms with Gasteiger partial charge in [0, 0.05) is 6.42 Å². The smallest absolute Gasteiger partial charge is 0.231 e. The standard InChI is InChI=1S/C16H23NO2/c1-2-4-6-14(5-3-1)17-10-9-13-7-8-15-16(11-13)19-12-18-15/h7-8,11,14,17H,1-6,9-10,12H2/p+1. The van der Waals surface area contributed by atoms with E-state index in [0.717, 1.165) is 24.0 Å². The number of benzene rings is 1. The summed E-state index contributed by atoms with van der Waals surface area (Å²) in [6.07, 6.45) is 9.64. The van der Waals surface area contributed by atoms with Crippen LogP contribution in [0.15, 0.2) is 18.2 Å². The summed E-state index contributed by atoms with van der Waals surface area (Å²) in [6, 6.07) is 7.18. The molecule has 1 aromatic rings. The van der Waals surface area contributed by atoms with Gasteiger partial charge in [0.15, 0.2) is 11.5 Å². The molecule has 0 saturated heterocycles. The van der Waals surface area contributed by atoms with Crippen LogP contribution in [-0.2, 0) is 6.42 Å². The Morgan fingerprint density at radius 3 is 2.63 bits per heavy atom. The van der Waals surface area contributed by atoms with Gasteiger partial charge in [0.1, 0.15) is 0 Å². The molecule has 0 atom stereocenters. The van der Waals surface area contributed by atoms with Gasteiger partial charge in [0.25, 0.3) is 0 Å². The first-order valence-electron chi connectivity index (χ1n) is 7.64. The highest BCUT2D eigenvalue weighted by molar-refractivity contribution is 5.44. The van der Waals surface area contributed by atoms with Crippen LogP contribution in [0.2, 0.25) is 0 Å². The Balaban J connectivity index is 1.46. The number of nitrogens with two attached hydrogens (primary N) is 1. The summed E-state index contributed by atoms with van der Waals surface area (Å²) >= 11 is 0. The third-order valence-corrected chi connectivity index (χ3v) is 4.27. The first-order valence-corrected chi connectivity index (χ1v) is 7.64. The maximum absolute atomic E-state index is 5.42. The second-order valence-corrected chi connectivity index (χ2v) is 5.71. The minimum absolute atomic E-state index is 0.368. The molecule has 1 saturated carbocycles. The van der Waals surface area contributed by atoms with Crippen molar-refractivity contribution < 1.29 is 14.8 Å². The molecule has 1 aliphatic carbocycles. The van der Waals surface area contributed by atoms with Crippen LogP contribution in [0.3, 0.4) is 0 Å². The summed E-state index contributed by atoms with van der Waals surface area (Å²) in [4.78, 5) is 0. The van der Waals surface area contributed by atoms with E-state index >= 15 is 0 Å². The predicted octanol–water partition coefficient (Wildman–Crippen LogP) is 2.24. The van der Waals surface area contributed by atoms with Crippen LogP contribution < -0.4 is 14.8 Å². The highest BCUT2D eigenvalue weighted by Crippen LogP contribution is 2.32. The van der Waals surface area contributed by atoms with Crippen LogP contribution in [0, 0.1) is 0 Å². The number of ether oxygens (including phenoxy) is 2. The summed E-state index contributed by atoms with van der Waals surface area (Å²) in [7, 11) is 0. The summed E-state index contributed by atoms with van der Waals surface area (Å²) in [6.45, 7) is 1.55. The van der Waals surface area contributed by atoms with Crippen molar-refractivity contribution >= 4 is 0 Å². The van der Waals surface area contributed by atoms with Gasteiger partial charge >= 0.3 is 0 Å². The molecule has 2 N–H and O–H groups in total. The van der Waals surface area contributed by atoms with E-state index in [-0.39, 0.29) is 0 Å². The molecule has 104 valence electrons. The molecule has 3 nitrogen and oxygen atoms in total. The lowest BCUT2D eigenvalue weighted by molar-refractivity contribution is -0.690. The van der Waals surface area contributed by atoms with Crippen molar-refractivity contribution in [2.45, 2.75) is 51.0 Å². The molecule has 0 spiro atoms. The average Bonchev–Trinajstić information content (AvgIpc) is 2.74. The fourth-order valence-corrected chi connectivity index (χ4v) is 3.13. The second kappa shape index (κ2) is 6.29. The van der Waals surface area contributed by atoms with Crippen molar-refractivity contribution in [3.8, 4) is 11.5 Å². The Labute approximate surface area is 115 Å². The zero-order valence-electron chi connectivity index (χ0n) is 11.6. The van der Waals surface area contributed by atoms with E-state index in [0.29, 0.717) is 6.79 Å². The van der Waals surface area contributed by atoms with Crippen molar-refractivity contribution in [1.29, 1.82) is 0 Å². The molecule has 3 heteroatoms. The molecule has 0 bridgehead atoms. The van der Waals surface area contributed by atoms with Gasteiger partial charge < -0.3 is 14.8 Å². The van der Waals surface area contributed by atoms with Crippen molar-refractivity contribution in [2.24, 2.45) is 0 Å². The van der Waals surface area contributed by atoms with Gasteiger partial charge in [-0.15, -0.1) is 0 Å². The van der Waals surface area contributed by atoms with Gasteiger partial charge in [-0.05, 0) is 43.4 Å². The fraction of sp³-hybridized carbons (Fsp3) is 0.625. The summed E-state index contributed by atoms with van der Waals surface area (Å²) in [5, 5.41) is 2.55. The Morgan fingerprint density at radius 1 is 1.00 bits per heavy atom. The minimum atomic E-state index is 0.368. The zero-order valence-corrected chi connectivity index (χ0v) is 11.6. The lowest BCUT2D eigenvalue weighted by Crippen LogP contribution is -2.90. The van der Waals surface area contributed by atoms with Crippen LogP contribution in [0.25, 0.3) is 0 Å². The third kappa shape index (κ3) is 3.41. The van der Waals surface area contributed by atoms with Crippen molar-refractivity contribution in [3.05, 3.63) is 23.8 Å². The Hall–Kier alpha value is -1.22. The zero-order chi connectivity index (χ0) is 12.9. The quantitative estimate of drug-likeness (QED) is 0.845. The molecule has 0 amide bonds. The summed E-state index contributed by atoms with van der Waals surface area (Å²) in [5.41, 5.74) is 1.36. The van der Waals surface area contributed by atoms with Crippen molar-refractivity contribution in [2.75, 3.05) is 13.3 Å². The lowest BCUT2D eigenvalue weighted by Gasteiger charge is -2.12. The van der Waals surface area contributed by atoms with Gasteiger partial charge in [-0.2, -0.15) is 0 Å². The summed E-state index contributed by atoms with van der Waals surface area (Å²) < 4.78 is 10.8. The lowest BCUT2D eigenvalue weighted by atomic mass is 10.1. The molecular formula is C16H24NO2+. The number of fused-ring (bicyclic) bond motifs is 1. The van der Waals surface area contributed by atoms with Crippen LogP contribution >= 0.6 is 0 Å². The second-order valence-electron chi connectivity index (χ2n) is 5.71. The van der Waals surface area contributed by atoms with E-state index in [1.165, 1.54) is 50.6 Å². The van der Waals surface area contributed by atoms with Crippen molar-refractivity contribution in [1.82, 2.24) is 0 Å². The van der Waals surface area contributed by atoms with E-state index in [1.807, 2.05) is 6.07 Å². The molecule has 1 aromatic carbocycles. The first kappa shape index (κ1) is 12.8. The maximum Gasteiger partial charge on any atom is 0.231 e. The largest absolute Gasteiger partial charge is 0.454 e. The molecule has 1 heterocycles. The Morgan fingerprint density at radius 2 is 1.79 bits per heavy atom. The first-order chi connectivity index (χ1) is 9.42. The van der Waals surface area contributed by atoms with E-state index < -0.39 is 0 Å². The molecule has 19 heavy (non-hydrogen) atoms. The van der Waals surface area contributed by atoms with Gasteiger partial charge in [-0.25, -0.2) is 0 Å². The molecule has 0 unspecified atom stereocenters. The molecule has 0 aromatic heterocycles. The van der Waals surface area contributed by atoms with Gasteiger partial charge in [0.05, 0.1) is 12.6 Å². The summed E-state index contributed by atoms with van der Waals surface area (Å²) in [5.74, 6) is 1.79. The average molecular weight is 262 g/mol. The molecule has 1 aliphatic heterocycles. The monoisotopic (exact) mass is 262 g/mol. The van der Waals surface area contributed by atoms with Gasteiger partial charge in [0.2, 0.25) is 6.79 Å². The normalized spacial score (nSPS) is 19.4. The maximum atomic E-state index is 5.42. The van der Waals surface area contributed by atoms with Gasteiger partial charge in [-0.3, -0.25) is 0 Å². The van der Waals surface area contributed by atoms with E-state index in [2.05, 4.69) is 17.4 Å². The molecule has 1 fully saturated rings. The Kier molecular flexibility index (Phi) is 4.23. The topological polar surface area (TPSA) is 35.1 Å². The molecule has 2 aliphatic rings. The van der Waals surface area contributed by atoms with E-state index in [9.17, 15) is 0 Å². The number of quaternary nitrogens is 1. The number of hydrogen-bond acceptors (Lipinski definition) is 2. The van der Waals surface area contributed by atoms with Gasteiger partial charge in [-0.1, -0.05) is 18.9 Å². The predicted molar refractivity (Wildman–Crippen MR) is 74.6 cm³/mol. The van der Waals surface area contributed by atoms with Crippen LogP contribution in [-0.4, -0.2) is 19.4 Å². The fourth-order valence-electron chi connectivity index (χ4n) is 3.13. The van der Waals surface area contributed by atoms with Crippen LogP contribution in [0.4, 0.5) is 0 Å². The number of rotatable bonds is 4. The molecule has 0 radical (unpaired) electrons. The Bertz CT molecular complexity index is 411. The molecule has 3 rings (SSSR count). The number of hydrogen-bond donors (Lipinski definition) is 1. The SMILES string of the molecule is c1cc2c(cc1CC[NH2+]C1CCCCCC1)OCO2. The van der Waals surface area contributed by atoms with E-state index in [1.54, 1.807) is 0 Å².